The number of fused-ring (bicyclic) bond motifs is 1. The van der Waals surface area contributed by atoms with Gasteiger partial charge >= 0.3 is 0 Å². The van der Waals surface area contributed by atoms with Crippen molar-refractivity contribution in [1.82, 2.24) is 10.2 Å². The minimum absolute atomic E-state index is 0.879. The summed E-state index contributed by atoms with van der Waals surface area (Å²) in [5, 5.41) is 6.88. The van der Waals surface area contributed by atoms with Crippen molar-refractivity contribution in [3.05, 3.63) is 29.3 Å². The average Bonchev–Trinajstić information content (AvgIpc) is 2.87. The summed E-state index contributed by atoms with van der Waals surface area (Å²) in [5.74, 6) is 0. The van der Waals surface area contributed by atoms with Gasteiger partial charge in [0.15, 0.2) is 0 Å². The van der Waals surface area contributed by atoms with E-state index in [1.807, 2.05) is 0 Å². The Morgan fingerprint density at radius 3 is 2.89 bits per heavy atom. The van der Waals surface area contributed by atoms with Crippen LogP contribution in [-0.2, 0) is 17.8 Å². The fraction of sp³-hybridized carbons (Fsp3) is 0.571. The summed E-state index contributed by atoms with van der Waals surface area (Å²) in [7, 11) is 0. The zero-order valence-corrected chi connectivity index (χ0v) is 10.7. The van der Waals surface area contributed by atoms with Gasteiger partial charge in [0.05, 0.1) is 13.2 Å². The van der Waals surface area contributed by atoms with Gasteiger partial charge in [0.2, 0.25) is 0 Å². The van der Waals surface area contributed by atoms with Crippen molar-refractivity contribution < 1.29 is 4.74 Å². The summed E-state index contributed by atoms with van der Waals surface area (Å²) in [6.07, 6.45) is 0. The number of hydrogen-bond acceptors (Lipinski definition) is 4. The van der Waals surface area contributed by atoms with Crippen LogP contribution in [0.5, 0.6) is 0 Å². The number of rotatable bonds is 4. The first-order valence-electron chi connectivity index (χ1n) is 6.78. The highest BCUT2D eigenvalue weighted by atomic mass is 16.5. The van der Waals surface area contributed by atoms with Gasteiger partial charge in [0.25, 0.3) is 0 Å². The largest absolute Gasteiger partial charge is 0.384 e. The van der Waals surface area contributed by atoms with E-state index < -0.39 is 0 Å². The first-order chi connectivity index (χ1) is 8.92. The molecule has 2 aliphatic rings. The van der Waals surface area contributed by atoms with Gasteiger partial charge in [-0.05, 0) is 23.3 Å². The second-order valence-corrected chi connectivity index (χ2v) is 4.97. The van der Waals surface area contributed by atoms with Gasteiger partial charge < -0.3 is 15.4 Å². The minimum Gasteiger partial charge on any atom is -0.384 e. The molecule has 0 saturated carbocycles. The maximum absolute atomic E-state index is 5.35. The van der Waals surface area contributed by atoms with E-state index in [4.69, 9.17) is 4.74 Å². The number of anilines is 1. The molecule has 1 aromatic carbocycles. The van der Waals surface area contributed by atoms with E-state index in [9.17, 15) is 0 Å². The summed E-state index contributed by atoms with van der Waals surface area (Å²) in [6.45, 7) is 8.02. The van der Waals surface area contributed by atoms with E-state index in [1.165, 1.54) is 16.8 Å². The highest BCUT2D eigenvalue weighted by molar-refractivity contribution is 5.49. The van der Waals surface area contributed by atoms with E-state index in [0.29, 0.717) is 0 Å². The van der Waals surface area contributed by atoms with Crippen LogP contribution < -0.4 is 10.6 Å². The second-order valence-electron chi connectivity index (χ2n) is 4.97. The highest BCUT2D eigenvalue weighted by Gasteiger charge is 2.11. The molecule has 1 aromatic rings. The van der Waals surface area contributed by atoms with Crippen molar-refractivity contribution in [3.8, 4) is 0 Å². The predicted molar refractivity (Wildman–Crippen MR) is 72.7 cm³/mol. The number of hydrogen-bond donors (Lipinski definition) is 2. The monoisotopic (exact) mass is 247 g/mol. The summed E-state index contributed by atoms with van der Waals surface area (Å²) in [6, 6.07) is 6.69. The average molecular weight is 247 g/mol. The molecule has 2 aliphatic heterocycles. The van der Waals surface area contributed by atoms with E-state index in [1.54, 1.807) is 0 Å². The van der Waals surface area contributed by atoms with Crippen molar-refractivity contribution >= 4 is 5.69 Å². The Morgan fingerprint density at radius 2 is 2.00 bits per heavy atom. The molecular weight excluding hydrogens is 226 g/mol. The zero-order chi connectivity index (χ0) is 12.2. The van der Waals surface area contributed by atoms with Crippen molar-refractivity contribution in [3.63, 3.8) is 0 Å². The Bertz CT molecular complexity index is 402. The Kier molecular flexibility index (Phi) is 3.78. The Labute approximate surface area is 108 Å². The lowest BCUT2D eigenvalue weighted by Crippen LogP contribution is -2.39. The minimum atomic E-state index is 0.879. The molecule has 18 heavy (non-hydrogen) atoms. The first-order valence-corrected chi connectivity index (χ1v) is 6.78. The Hall–Kier alpha value is -1.10. The molecule has 2 heterocycles. The molecule has 0 radical (unpaired) electrons. The number of morpholine rings is 1. The molecule has 0 bridgehead atoms. The van der Waals surface area contributed by atoms with Gasteiger partial charge in [-0.1, -0.05) is 6.07 Å². The SMILES string of the molecule is c1cc2c(cc1NCCN1CCOCC1)CNC2. The summed E-state index contributed by atoms with van der Waals surface area (Å²) < 4.78 is 5.35. The van der Waals surface area contributed by atoms with Crippen molar-refractivity contribution in [2.24, 2.45) is 0 Å². The van der Waals surface area contributed by atoms with Gasteiger partial charge in [-0.3, -0.25) is 4.90 Å². The molecule has 0 aliphatic carbocycles. The van der Waals surface area contributed by atoms with E-state index >= 15 is 0 Å². The molecule has 4 nitrogen and oxygen atoms in total. The number of nitrogens with zero attached hydrogens (tertiary/aromatic N) is 1. The number of nitrogens with one attached hydrogen (secondary N) is 2. The molecule has 4 heteroatoms. The maximum Gasteiger partial charge on any atom is 0.0594 e. The van der Waals surface area contributed by atoms with Gasteiger partial charge in [0, 0.05) is 45.0 Å². The van der Waals surface area contributed by atoms with E-state index in [0.717, 1.165) is 52.5 Å². The van der Waals surface area contributed by atoms with E-state index in [2.05, 4.69) is 33.7 Å². The molecule has 0 spiro atoms. The van der Waals surface area contributed by atoms with Crippen LogP contribution in [0.15, 0.2) is 18.2 Å². The zero-order valence-electron chi connectivity index (χ0n) is 10.7. The van der Waals surface area contributed by atoms with Gasteiger partial charge in [0.1, 0.15) is 0 Å². The molecule has 0 aromatic heterocycles. The van der Waals surface area contributed by atoms with Crippen LogP contribution in [-0.4, -0.2) is 44.3 Å². The van der Waals surface area contributed by atoms with Crippen molar-refractivity contribution in [2.45, 2.75) is 13.1 Å². The summed E-state index contributed by atoms with van der Waals surface area (Å²) in [5.41, 5.74) is 4.12. The predicted octanol–water partition coefficient (Wildman–Crippen LogP) is 1.03. The topological polar surface area (TPSA) is 36.5 Å². The standard InChI is InChI=1S/C14H21N3O/c1-2-14(9-13-11-15-10-12(1)13)16-3-4-17-5-7-18-8-6-17/h1-2,9,15-16H,3-8,10-11H2. The Morgan fingerprint density at radius 1 is 1.17 bits per heavy atom. The molecule has 3 rings (SSSR count). The molecule has 0 unspecified atom stereocenters. The van der Waals surface area contributed by atoms with Crippen LogP contribution >= 0.6 is 0 Å². The quantitative estimate of drug-likeness (QED) is 0.833. The van der Waals surface area contributed by atoms with Crippen LogP contribution in [0.2, 0.25) is 0 Å². The third-order valence-electron chi connectivity index (χ3n) is 3.70. The van der Waals surface area contributed by atoms with Gasteiger partial charge in [-0.25, -0.2) is 0 Å². The van der Waals surface area contributed by atoms with Crippen molar-refractivity contribution in [1.29, 1.82) is 0 Å². The summed E-state index contributed by atoms with van der Waals surface area (Å²) in [4.78, 5) is 2.45. The van der Waals surface area contributed by atoms with Gasteiger partial charge in [-0.15, -0.1) is 0 Å². The molecule has 0 amide bonds. The van der Waals surface area contributed by atoms with Crippen LogP contribution in [0.25, 0.3) is 0 Å². The van der Waals surface area contributed by atoms with Crippen molar-refractivity contribution in [2.75, 3.05) is 44.7 Å². The fourth-order valence-corrected chi connectivity index (χ4v) is 2.59. The highest BCUT2D eigenvalue weighted by Crippen LogP contribution is 2.19. The molecule has 1 fully saturated rings. The summed E-state index contributed by atoms with van der Waals surface area (Å²) >= 11 is 0. The van der Waals surface area contributed by atoms with Gasteiger partial charge in [-0.2, -0.15) is 0 Å². The second kappa shape index (κ2) is 5.69. The third-order valence-corrected chi connectivity index (χ3v) is 3.70. The van der Waals surface area contributed by atoms with Crippen LogP contribution in [0.1, 0.15) is 11.1 Å². The molecule has 0 atom stereocenters. The number of ether oxygens (including phenoxy) is 1. The molecule has 1 saturated heterocycles. The smallest absolute Gasteiger partial charge is 0.0594 e. The maximum atomic E-state index is 5.35. The normalized spacial score (nSPS) is 19.8. The number of benzene rings is 1. The third kappa shape index (κ3) is 2.83. The van der Waals surface area contributed by atoms with Crippen LogP contribution in [0, 0.1) is 0 Å². The first kappa shape index (κ1) is 12.0. The van der Waals surface area contributed by atoms with Crippen LogP contribution in [0.4, 0.5) is 5.69 Å². The molecule has 2 N–H and O–H groups in total. The Balaban J connectivity index is 1.48. The fourth-order valence-electron chi connectivity index (χ4n) is 2.59. The van der Waals surface area contributed by atoms with E-state index in [-0.39, 0.29) is 0 Å². The lowest BCUT2D eigenvalue weighted by atomic mass is 10.1. The lowest BCUT2D eigenvalue weighted by Gasteiger charge is -2.26. The van der Waals surface area contributed by atoms with Crippen LogP contribution in [0.3, 0.4) is 0 Å². The molecule has 98 valence electrons. The lowest BCUT2D eigenvalue weighted by molar-refractivity contribution is 0.0398. The molecular formula is C14H21N3O.